The summed E-state index contributed by atoms with van der Waals surface area (Å²) >= 11 is 12.7. The van der Waals surface area contributed by atoms with Crippen molar-refractivity contribution in [1.82, 2.24) is 0 Å². The highest BCUT2D eigenvalue weighted by Gasteiger charge is 2.04. The summed E-state index contributed by atoms with van der Waals surface area (Å²) in [6.45, 7) is 0.526. The molecule has 2 aromatic carbocycles. The van der Waals surface area contributed by atoms with E-state index in [2.05, 4.69) is 37.2 Å². The fraction of sp³-hybridized carbons (Fsp3) is 0.0769. The van der Waals surface area contributed by atoms with Crippen molar-refractivity contribution in [2.24, 2.45) is 0 Å². The number of anilines is 1. The average molecular weight is 393 g/mol. The molecule has 0 bridgehead atoms. The van der Waals surface area contributed by atoms with Crippen LogP contribution in [0.4, 0.5) is 10.1 Å². The Bertz CT molecular complexity index is 575. The topological polar surface area (TPSA) is 12.0 Å². The number of nitrogens with one attached hydrogen (secondary N) is 1. The van der Waals surface area contributed by atoms with Gasteiger partial charge in [0.1, 0.15) is 5.82 Å². The maximum atomic E-state index is 13.1. The highest BCUT2D eigenvalue weighted by Crippen LogP contribution is 2.27. The molecule has 0 unspecified atom stereocenters. The van der Waals surface area contributed by atoms with E-state index in [1.165, 1.54) is 12.1 Å². The van der Waals surface area contributed by atoms with Gasteiger partial charge in [-0.3, -0.25) is 0 Å². The maximum Gasteiger partial charge on any atom is 0.123 e. The number of halogens is 4. The summed E-state index contributed by atoms with van der Waals surface area (Å²) in [5.74, 6) is -0.245. The summed E-state index contributed by atoms with van der Waals surface area (Å²) in [5.41, 5.74) is 1.77. The van der Waals surface area contributed by atoms with Crippen LogP contribution in [0, 0.1) is 5.82 Å². The number of benzene rings is 2. The van der Waals surface area contributed by atoms with Crippen LogP contribution in [-0.4, -0.2) is 0 Å². The van der Waals surface area contributed by atoms with Crippen molar-refractivity contribution in [3.8, 4) is 0 Å². The van der Waals surface area contributed by atoms with E-state index in [9.17, 15) is 4.39 Å². The van der Waals surface area contributed by atoms with Crippen molar-refractivity contribution >= 4 is 49.1 Å². The highest BCUT2D eigenvalue weighted by atomic mass is 79.9. The number of hydrogen-bond donors (Lipinski definition) is 1. The average Bonchev–Trinajstić information content (AvgIpc) is 2.32. The van der Waals surface area contributed by atoms with Gasteiger partial charge in [0, 0.05) is 26.2 Å². The van der Waals surface area contributed by atoms with Gasteiger partial charge in [-0.05, 0) is 57.9 Å². The van der Waals surface area contributed by atoms with Crippen LogP contribution >= 0.6 is 43.5 Å². The van der Waals surface area contributed by atoms with Crippen LogP contribution in [0.5, 0.6) is 0 Å². The minimum Gasteiger partial charge on any atom is -0.380 e. The first-order valence-electron chi connectivity index (χ1n) is 5.19. The molecule has 0 aromatic heterocycles. The molecule has 18 heavy (non-hydrogen) atoms. The van der Waals surface area contributed by atoms with E-state index in [1.807, 2.05) is 12.1 Å². The van der Waals surface area contributed by atoms with Gasteiger partial charge in [-0.2, -0.15) is 0 Å². The van der Waals surface area contributed by atoms with Gasteiger partial charge in [-0.25, -0.2) is 4.39 Å². The lowest BCUT2D eigenvalue weighted by molar-refractivity contribution is 0.625. The van der Waals surface area contributed by atoms with Gasteiger partial charge in [-0.1, -0.05) is 27.5 Å². The maximum absolute atomic E-state index is 13.1. The van der Waals surface area contributed by atoms with Crippen LogP contribution in [-0.2, 0) is 6.54 Å². The molecule has 0 saturated heterocycles. The van der Waals surface area contributed by atoms with E-state index in [0.29, 0.717) is 11.6 Å². The van der Waals surface area contributed by atoms with Crippen molar-refractivity contribution in [2.45, 2.75) is 6.54 Å². The van der Waals surface area contributed by atoms with Gasteiger partial charge in [0.05, 0.1) is 0 Å². The molecule has 94 valence electrons. The highest BCUT2D eigenvalue weighted by molar-refractivity contribution is 9.11. The van der Waals surface area contributed by atoms with Crippen LogP contribution in [0.2, 0.25) is 5.02 Å². The third-order valence-electron chi connectivity index (χ3n) is 2.41. The largest absolute Gasteiger partial charge is 0.380 e. The zero-order chi connectivity index (χ0) is 13.1. The van der Waals surface area contributed by atoms with E-state index >= 15 is 0 Å². The lowest BCUT2D eigenvalue weighted by atomic mass is 10.2. The normalized spacial score (nSPS) is 10.4. The first kappa shape index (κ1) is 13.8. The van der Waals surface area contributed by atoms with E-state index in [4.69, 9.17) is 11.6 Å². The van der Waals surface area contributed by atoms with Crippen LogP contribution in [0.25, 0.3) is 0 Å². The Labute approximate surface area is 127 Å². The molecule has 0 heterocycles. The summed E-state index contributed by atoms with van der Waals surface area (Å²) in [5, 5.41) is 3.89. The molecule has 0 aliphatic carbocycles. The fourth-order valence-electron chi connectivity index (χ4n) is 1.50. The molecule has 2 aromatic rings. The van der Waals surface area contributed by atoms with Crippen molar-refractivity contribution in [3.63, 3.8) is 0 Å². The second kappa shape index (κ2) is 6.04. The van der Waals surface area contributed by atoms with E-state index in [0.717, 1.165) is 20.2 Å². The molecule has 0 aliphatic heterocycles. The minimum absolute atomic E-state index is 0.245. The van der Waals surface area contributed by atoms with Crippen LogP contribution in [0.3, 0.4) is 0 Å². The molecule has 0 spiro atoms. The smallest absolute Gasteiger partial charge is 0.123 e. The lowest BCUT2D eigenvalue weighted by Crippen LogP contribution is -2.01. The standard InChI is InChI=1S/C13H9Br2ClFN/c14-11-3-2-10(17)5-8(11)7-18-13-4-1-9(16)6-12(13)15/h1-6,18H,7H2. The Morgan fingerprint density at radius 1 is 1.06 bits per heavy atom. The summed E-state index contributed by atoms with van der Waals surface area (Å²) in [6, 6.07) is 10.1. The first-order valence-corrected chi connectivity index (χ1v) is 7.15. The van der Waals surface area contributed by atoms with E-state index < -0.39 is 0 Å². The Morgan fingerprint density at radius 3 is 2.56 bits per heavy atom. The van der Waals surface area contributed by atoms with Crippen LogP contribution in [0.1, 0.15) is 5.56 Å². The molecule has 0 radical (unpaired) electrons. The Morgan fingerprint density at radius 2 is 1.83 bits per heavy atom. The van der Waals surface area contributed by atoms with Crippen LogP contribution in [0.15, 0.2) is 45.3 Å². The van der Waals surface area contributed by atoms with Crippen molar-refractivity contribution in [1.29, 1.82) is 0 Å². The number of rotatable bonds is 3. The van der Waals surface area contributed by atoms with Gasteiger partial charge in [0.2, 0.25) is 0 Å². The second-order valence-corrected chi connectivity index (χ2v) is 5.86. The molecule has 0 fully saturated rings. The Balaban J connectivity index is 2.13. The molecule has 0 atom stereocenters. The van der Waals surface area contributed by atoms with Gasteiger partial charge in [0.15, 0.2) is 0 Å². The second-order valence-electron chi connectivity index (χ2n) is 3.71. The van der Waals surface area contributed by atoms with Gasteiger partial charge >= 0.3 is 0 Å². The minimum atomic E-state index is -0.245. The Kier molecular flexibility index (Phi) is 4.65. The lowest BCUT2D eigenvalue weighted by Gasteiger charge is -2.10. The molecule has 1 nitrogen and oxygen atoms in total. The molecule has 2 rings (SSSR count). The first-order chi connectivity index (χ1) is 8.56. The van der Waals surface area contributed by atoms with Crippen molar-refractivity contribution in [2.75, 3.05) is 5.32 Å². The summed E-state index contributed by atoms with van der Waals surface area (Å²) in [4.78, 5) is 0. The summed E-state index contributed by atoms with van der Waals surface area (Å²) < 4.78 is 14.9. The predicted octanol–water partition coefficient (Wildman–Crippen LogP) is 5.62. The van der Waals surface area contributed by atoms with Crippen molar-refractivity contribution in [3.05, 3.63) is 61.7 Å². The molecule has 0 aliphatic rings. The zero-order valence-corrected chi connectivity index (χ0v) is 13.1. The van der Waals surface area contributed by atoms with Gasteiger partial charge in [-0.15, -0.1) is 0 Å². The monoisotopic (exact) mass is 391 g/mol. The summed E-state index contributed by atoms with van der Waals surface area (Å²) in [6.07, 6.45) is 0. The molecule has 1 N–H and O–H groups in total. The SMILES string of the molecule is Fc1ccc(Br)c(CNc2ccc(Cl)cc2Br)c1. The molecule has 5 heteroatoms. The van der Waals surface area contributed by atoms with Crippen LogP contribution < -0.4 is 5.32 Å². The quantitative estimate of drug-likeness (QED) is 0.714. The molecule has 0 amide bonds. The summed E-state index contributed by atoms with van der Waals surface area (Å²) in [7, 11) is 0. The third kappa shape index (κ3) is 3.46. The molecular weight excluding hydrogens is 384 g/mol. The van der Waals surface area contributed by atoms with Crippen molar-refractivity contribution < 1.29 is 4.39 Å². The Hall–Kier alpha value is -0.580. The third-order valence-corrected chi connectivity index (χ3v) is 4.07. The fourth-order valence-corrected chi connectivity index (χ4v) is 2.71. The molecule has 0 saturated carbocycles. The number of hydrogen-bond acceptors (Lipinski definition) is 1. The van der Waals surface area contributed by atoms with Gasteiger partial charge < -0.3 is 5.32 Å². The zero-order valence-electron chi connectivity index (χ0n) is 9.18. The van der Waals surface area contributed by atoms with E-state index in [1.54, 1.807) is 12.1 Å². The van der Waals surface area contributed by atoms with E-state index in [-0.39, 0.29) is 5.82 Å². The predicted molar refractivity (Wildman–Crippen MR) is 80.6 cm³/mol. The molecular formula is C13H9Br2ClFN. The van der Waals surface area contributed by atoms with Gasteiger partial charge in [0.25, 0.3) is 0 Å².